The van der Waals surface area contributed by atoms with Crippen molar-refractivity contribution in [3.63, 3.8) is 0 Å². The van der Waals surface area contributed by atoms with Crippen LogP contribution in [0.5, 0.6) is 0 Å². The molecule has 1 aromatic carbocycles. The lowest BCUT2D eigenvalue weighted by Gasteiger charge is -2.33. The Morgan fingerprint density at radius 3 is 2.44 bits per heavy atom. The number of nitrogens with zero attached hydrogens (tertiary/aromatic N) is 1. The molecule has 2 N–H and O–H groups in total. The summed E-state index contributed by atoms with van der Waals surface area (Å²) in [7, 11) is 1.90. The Bertz CT molecular complexity index is 422. The summed E-state index contributed by atoms with van der Waals surface area (Å²) in [5.41, 5.74) is 7.06. The maximum absolute atomic E-state index is 12.4. The quantitative estimate of drug-likeness (QED) is 0.815. The first-order chi connectivity index (χ1) is 8.59. The zero-order valence-corrected chi connectivity index (χ0v) is 11.2. The first-order valence-electron chi connectivity index (χ1n) is 6.71. The number of carbonyl (C=O) groups is 1. The SMILES string of the molecule is CC1CCC(N(C)C(=O)c2ccccc2N)CC1. The molecule has 18 heavy (non-hydrogen) atoms. The molecule has 0 unspecified atom stereocenters. The third kappa shape index (κ3) is 2.66. The zero-order valence-electron chi connectivity index (χ0n) is 11.2. The Labute approximate surface area is 109 Å². The number of rotatable bonds is 2. The van der Waals surface area contributed by atoms with Gasteiger partial charge in [-0.1, -0.05) is 19.1 Å². The van der Waals surface area contributed by atoms with Crippen molar-refractivity contribution in [3.05, 3.63) is 29.8 Å². The zero-order chi connectivity index (χ0) is 13.1. The lowest BCUT2D eigenvalue weighted by Crippen LogP contribution is -2.39. The predicted molar refractivity (Wildman–Crippen MR) is 74.4 cm³/mol. The van der Waals surface area contributed by atoms with Crippen LogP contribution in [0.1, 0.15) is 43.0 Å². The van der Waals surface area contributed by atoms with Crippen LogP contribution in [0, 0.1) is 5.92 Å². The third-order valence-electron chi connectivity index (χ3n) is 4.04. The molecule has 0 spiro atoms. The van der Waals surface area contributed by atoms with Crippen LogP contribution in [-0.4, -0.2) is 23.9 Å². The molecule has 2 rings (SSSR count). The van der Waals surface area contributed by atoms with E-state index < -0.39 is 0 Å². The monoisotopic (exact) mass is 246 g/mol. The first-order valence-corrected chi connectivity index (χ1v) is 6.71. The molecule has 1 aromatic rings. The molecule has 1 saturated carbocycles. The van der Waals surface area contributed by atoms with Crippen molar-refractivity contribution in [2.75, 3.05) is 12.8 Å². The molecule has 0 bridgehead atoms. The van der Waals surface area contributed by atoms with Crippen molar-refractivity contribution in [1.29, 1.82) is 0 Å². The molecule has 98 valence electrons. The molecule has 0 atom stereocenters. The number of nitrogens with two attached hydrogens (primary N) is 1. The number of carbonyl (C=O) groups excluding carboxylic acids is 1. The summed E-state index contributed by atoms with van der Waals surface area (Å²) in [6.07, 6.45) is 4.64. The van der Waals surface area contributed by atoms with Gasteiger partial charge in [-0.05, 0) is 43.7 Å². The highest BCUT2D eigenvalue weighted by Crippen LogP contribution is 2.27. The van der Waals surface area contributed by atoms with Gasteiger partial charge in [0.15, 0.2) is 0 Å². The maximum Gasteiger partial charge on any atom is 0.255 e. The van der Waals surface area contributed by atoms with E-state index in [-0.39, 0.29) is 5.91 Å². The van der Waals surface area contributed by atoms with Gasteiger partial charge in [0.2, 0.25) is 0 Å². The van der Waals surface area contributed by atoms with E-state index in [1.807, 2.05) is 24.1 Å². The minimum absolute atomic E-state index is 0.0488. The molecule has 1 aliphatic carbocycles. The van der Waals surface area contributed by atoms with Gasteiger partial charge in [-0.3, -0.25) is 4.79 Å². The second-order valence-electron chi connectivity index (χ2n) is 5.42. The summed E-state index contributed by atoms with van der Waals surface area (Å²) in [5.74, 6) is 0.846. The normalized spacial score (nSPS) is 23.7. The summed E-state index contributed by atoms with van der Waals surface area (Å²) >= 11 is 0. The van der Waals surface area contributed by atoms with Gasteiger partial charge in [0.25, 0.3) is 5.91 Å². The Morgan fingerprint density at radius 1 is 1.22 bits per heavy atom. The lowest BCUT2D eigenvalue weighted by atomic mass is 9.86. The second kappa shape index (κ2) is 5.42. The molecular weight excluding hydrogens is 224 g/mol. The van der Waals surface area contributed by atoms with Crippen LogP contribution in [0.25, 0.3) is 0 Å². The fourth-order valence-electron chi connectivity index (χ4n) is 2.68. The number of hydrogen-bond acceptors (Lipinski definition) is 2. The van der Waals surface area contributed by atoms with Crippen LogP contribution in [0.2, 0.25) is 0 Å². The minimum Gasteiger partial charge on any atom is -0.398 e. The van der Waals surface area contributed by atoms with E-state index in [1.54, 1.807) is 12.1 Å². The average molecular weight is 246 g/mol. The Hall–Kier alpha value is -1.51. The number of hydrogen-bond donors (Lipinski definition) is 1. The van der Waals surface area contributed by atoms with Crippen LogP contribution < -0.4 is 5.73 Å². The van der Waals surface area contributed by atoms with E-state index in [1.165, 1.54) is 12.8 Å². The molecule has 3 nitrogen and oxygen atoms in total. The van der Waals surface area contributed by atoms with Gasteiger partial charge in [0.1, 0.15) is 0 Å². The average Bonchev–Trinajstić information content (AvgIpc) is 2.38. The van der Waals surface area contributed by atoms with Crippen molar-refractivity contribution >= 4 is 11.6 Å². The largest absolute Gasteiger partial charge is 0.398 e. The van der Waals surface area contributed by atoms with Crippen molar-refractivity contribution in [2.24, 2.45) is 5.92 Å². The molecule has 0 aliphatic heterocycles. The van der Waals surface area contributed by atoms with E-state index in [0.717, 1.165) is 18.8 Å². The molecule has 1 amide bonds. The van der Waals surface area contributed by atoms with Gasteiger partial charge in [0, 0.05) is 18.8 Å². The van der Waals surface area contributed by atoms with Crippen LogP contribution >= 0.6 is 0 Å². The number of anilines is 1. The van der Waals surface area contributed by atoms with Gasteiger partial charge in [-0.25, -0.2) is 0 Å². The van der Waals surface area contributed by atoms with Gasteiger partial charge in [-0.15, -0.1) is 0 Å². The fraction of sp³-hybridized carbons (Fsp3) is 0.533. The van der Waals surface area contributed by atoms with E-state index in [2.05, 4.69) is 6.92 Å². The van der Waals surface area contributed by atoms with Crippen LogP contribution in [0.3, 0.4) is 0 Å². The van der Waals surface area contributed by atoms with Crippen molar-refractivity contribution in [3.8, 4) is 0 Å². The van der Waals surface area contributed by atoms with Crippen molar-refractivity contribution in [1.82, 2.24) is 4.90 Å². The molecule has 0 radical (unpaired) electrons. The van der Waals surface area contributed by atoms with Gasteiger partial charge in [0.05, 0.1) is 5.56 Å². The highest BCUT2D eigenvalue weighted by Gasteiger charge is 2.26. The van der Waals surface area contributed by atoms with Crippen LogP contribution in [-0.2, 0) is 0 Å². The molecular formula is C15H22N2O. The second-order valence-corrected chi connectivity index (χ2v) is 5.42. The molecule has 0 aromatic heterocycles. The molecule has 1 fully saturated rings. The standard InChI is InChI=1S/C15H22N2O/c1-11-7-9-12(10-8-11)17(2)15(18)13-5-3-4-6-14(13)16/h3-6,11-12H,7-10,16H2,1-2H3. The fourth-order valence-corrected chi connectivity index (χ4v) is 2.68. The summed E-state index contributed by atoms with van der Waals surface area (Å²) in [5, 5.41) is 0. The van der Waals surface area contributed by atoms with E-state index in [9.17, 15) is 4.79 Å². The highest BCUT2D eigenvalue weighted by atomic mass is 16.2. The van der Waals surface area contributed by atoms with Gasteiger partial charge in [-0.2, -0.15) is 0 Å². The third-order valence-corrected chi connectivity index (χ3v) is 4.04. The molecule has 3 heteroatoms. The number of para-hydroxylation sites is 1. The highest BCUT2D eigenvalue weighted by molar-refractivity contribution is 5.99. The minimum atomic E-state index is 0.0488. The van der Waals surface area contributed by atoms with E-state index in [4.69, 9.17) is 5.73 Å². The summed E-state index contributed by atoms with van der Waals surface area (Å²) in [4.78, 5) is 14.3. The summed E-state index contributed by atoms with van der Waals surface area (Å²) < 4.78 is 0. The Kier molecular flexibility index (Phi) is 3.90. The topological polar surface area (TPSA) is 46.3 Å². The Balaban J connectivity index is 2.07. The van der Waals surface area contributed by atoms with E-state index in [0.29, 0.717) is 17.3 Å². The number of nitrogen functional groups attached to an aromatic ring is 1. The van der Waals surface area contributed by atoms with Crippen molar-refractivity contribution < 1.29 is 4.79 Å². The maximum atomic E-state index is 12.4. The van der Waals surface area contributed by atoms with Crippen molar-refractivity contribution in [2.45, 2.75) is 38.6 Å². The first kappa shape index (κ1) is 12.9. The molecule has 0 heterocycles. The van der Waals surface area contributed by atoms with Crippen LogP contribution in [0.4, 0.5) is 5.69 Å². The van der Waals surface area contributed by atoms with Crippen LogP contribution in [0.15, 0.2) is 24.3 Å². The van der Waals surface area contributed by atoms with Gasteiger partial charge < -0.3 is 10.6 Å². The molecule has 1 aliphatic rings. The lowest BCUT2D eigenvalue weighted by molar-refractivity contribution is 0.0680. The number of amides is 1. The number of benzene rings is 1. The molecule has 0 saturated heterocycles. The van der Waals surface area contributed by atoms with E-state index >= 15 is 0 Å². The van der Waals surface area contributed by atoms with Gasteiger partial charge >= 0.3 is 0 Å². The smallest absolute Gasteiger partial charge is 0.255 e. The Morgan fingerprint density at radius 2 is 1.83 bits per heavy atom. The predicted octanol–water partition coefficient (Wildman–Crippen LogP) is 2.92. The summed E-state index contributed by atoms with van der Waals surface area (Å²) in [6.45, 7) is 2.28. The summed E-state index contributed by atoms with van der Waals surface area (Å²) in [6, 6.07) is 7.67.